The van der Waals surface area contributed by atoms with Gasteiger partial charge >= 0.3 is 0 Å². The number of hydrogen-bond donors (Lipinski definition) is 2. The summed E-state index contributed by atoms with van der Waals surface area (Å²) in [6.07, 6.45) is 7.82. The Morgan fingerprint density at radius 2 is 2.15 bits per heavy atom. The van der Waals surface area contributed by atoms with Gasteiger partial charge in [0.15, 0.2) is 0 Å². The lowest BCUT2D eigenvalue weighted by Gasteiger charge is -2.24. The van der Waals surface area contributed by atoms with Crippen LogP contribution in [0.3, 0.4) is 0 Å². The first kappa shape index (κ1) is 18.3. The molecule has 2 aliphatic rings. The van der Waals surface area contributed by atoms with Crippen molar-refractivity contribution in [3.05, 3.63) is 35.2 Å². The van der Waals surface area contributed by atoms with Crippen molar-refractivity contribution in [3.8, 4) is 0 Å². The summed E-state index contributed by atoms with van der Waals surface area (Å²) in [5.41, 5.74) is 10.1. The second-order valence-corrected chi connectivity index (χ2v) is 9.88. The van der Waals surface area contributed by atoms with Crippen molar-refractivity contribution >= 4 is 22.8 Å². The van der Waals surface area contributed by atoms with Crippen LogP contribution in [0.4, 0.5) is 0 Å². The maximum absolute atomic E-state index is 10.0. The van der Waals surface area contributed by atoms with E-state index >= 15 is 0 Å². The molecule has 3 N–H and O–H groups in total. The lowest BCUT2D eigenvalue weighted by Crippen LogP contribution is -2.24. The van der Waals surface area contributed by atoms with Gasteiger partial charge in [-0.3, -0.25) is 4.98 Å². The Labute approximate surface area is 161 Å². The largest absolute Gasteiger partial charge is 0.330 e. The van der Waals surface area contributed by atoms with E-state index in [1.165, 1.54) is 35.0 Å². The fraction of sp³-hybridized carbons (Fsp3) is 0.591. The molecule has 4 heteroatoms. The number of hydrogen-bond acceptors (Lipinski definition) is 4. The number of aryl methyl sites for hydroxylation is 1. The fourth-order valence-electron chi connectivity index (χ4n) is 4.61. The minimum absolute atomic E-state index is 0.206. The van der Waals surface area contributed by atoms with Crippen molar-refractivity contribution in [3.63, 3.8) is 0 Å². The van der Waals surface area contributed by atoms with Gasteiger partial charge < -0.3 is 10.3 Å². The number of aromatic nitrogens is 1. The summed E-state index contributed by atoms with van der Waals surface area (Å²) in [5, 5.41) is 2.34. The van der Waals surface area contributed by atoms with Crippen LogP contribution in [0.15, 0.2) is 23.2 Å². The summed E-state index contributed by atoms with van der Waals surface area (Å²) in [5.74, 6) is 1.94. The van der Waals surface area contributed by atoms with Crippen LogP contribution >= 0.6 is 12.0 Å². The molecule has 2 aromatic rings. The van der Waals surface area contributed by atoms with Crippen LogP contribution in [-0.4, -0.2) is 16.1 Å². The molecule has 1 aromatic carbocycles. The molecule has 1 saturated carbocycles. The van der Waals surface area contributed by atoms with Gasteiger partial charge in [0.25, 0.3) is 0 Å². The molecule has 3 atom stereocenters. The fourth-order valence-corrected chi connectivity index (χ4v) is 5.21. The summed E-state index contributed by atoms with van der Waals surface area (Å²) in [6, 6.07) is 4.54. The molecule has 1 aromatic heterocycles. The number of fused-ring (bicyclic) bond motifs is 2. The number of benzene rings is 1. The predicted molar refractivity (Wildman–Crippen MR) is 110 cm³/mol. The highest BCUT2D eigenvalue weighted by Crippen LogP contribution is 2.52. The molecule has 3 unspecified atom stereocenters. The Hall–Kier alpha value is -1.10. The van der Waals surface area contributed by atoms with Crippen LogP contribution in [-0.2, 0) is 12.8 Å². The van der Waals surface area contributed by atoms with Crippen LogP contribution in [0.5, 0.6) is 0 Å². The van der Waals surface area contributed by atoms with Crippen molar-refractivity contribution < 1.29 is 4.55 Å². The van der Waals surface area contributed by atoms with Crippen molar-refractivity contribution in [2.45, 2.75) is 63.7 Å². The molecule has 0 spiro atoms. The van der Waals surface area contributed by atoms with Gasteiger partial charge in [-0.2, -0.15) is 0 Å². The molecule has 0 radical (unpaired) electrons. The van der Waals surface area contributed by atoms with Gasteiger partial charge in [-0.25, -0.2) is 0 Å². The topological polar surface area (TPSA) is 59.1 Å². The highest BCUT2D eigenvalue weighted by atomic mass is 32.2. The molecule has 2 aliphatic carbocycles. The predicted octanol–water partition coefficient (Wildman–Crippen LogP) is 5.40. The maximum atomic E-state index is 10.0. The second kappa shape index (κ2) is 6.81. The van der Waals surface area contributed by atoms with E-state index in [1.54, 1.807) is 0 Å². The minimum atomic E-state index is 0.206. The lowest BCUT2D eigenvalue weighted by atomic mass is 9.83. The van der Waals surface area contributed by atoms with E-state index in [9.17, 15) is 4.55 Å². The first-order valence-corrected chi connectivity index (χ1v) is 10.6. The van der Waals surface area contributed by atoms with Gasteiger partial charge in [0.05, 0.1) is 0 Å². The average molecular weight is 371 g/mol. The average Bonchev–Trinajstić information content (AvgIpc) is 3.37. The van der Waals surface area contributed by atoms with Gasteiger partial charge in [0.2, 0.25) is 0 Å². The zero-order valence-corrected chi connectivity index (χ0v) is 16.9. The Balaban J connectivity index is 1.67. The first-order chi connectivity index (χ1) is 12.4. The Bertz CT molecular complexity index is 832. The van der Waals surface area contributed by atoms with E-state index in [1.807, 2.05) is 6.20 Å². The second-order valence-electron chi connectivity index (χ2n) is 9.29. The maximum Gasteiger partial charge on any atom is 0.0465 e. The molecule has 26 heavy (non-hydrogen) atoms. The van der Waals surface area contributed by atoms with E-state index in [-0.39, 0.29) is 5.41 Å². The van der Waals surface area contributed by atoms with Crippen molar-refractivity contribution in [2.75, 3.05) is 6.54 Å². The molecular formula is C22H30N2OS. The normalized spacial score (nSPS) is 25.3. The van der Waals surface area contributed by atoms with Crippen LogP contribution in [0, 0.1) is 17.3 Å². The van der Waals surface area contributed by atoms with Crippen molar-refractivity contribution in [1.29, 1.82) is 0 Å². The molecule has 0 bridgehead atoms. The molecule has 0 amide bonds. The summed E-state index contributed by atoms with van der Waals surface area (Å²) in [7, 11) is 0. The molecule has 0 saturated heterocycles. The monoisotopic (exact) mass is 370 g/mol. The van der Waals surface area contributed by atoms with E-state index < -0.39 is 0 Å². The van der Waals surface area contributed by atoms with Crippen LogP contribution < -0.4 is 5.73 Å². The lowest BCUT2D eigenvalue weighted by molar-refractivity contribution is 0.323. The molecule has 1 fully saturated rings. The van der Waals surface area contributed by atoms with Crippen LogP contribution in [0.1, 0.15) is 62.8 Å². The standard InChI is InChI=1S/C22H30N2OS/c1-13-4-5-14-7-16-11-24-20(9-19(16)21(26-25)18(14)6-13)17-8-15(17)10-22(2,3)12-23/h7,9,11,13,15,17,25H,4-6,8,10,12,23H2,1-3H3. The van der Waals surface area contributed by atoms with E-state index in [2.05, 4.69) is 32.9 Å². The van der Waals surface area contributed by atoms with Gasteiger partial charge in [-0.05, 0) is 79.2 Å². The van der Waals surface area contributed by atoms with Crippen LogP contribution in [0.2, 0.25) is 0 Å². The molecule has 140 valence electrons. The minimum Gasteiger partial charge on any atom is -0.330 e. The third kappa shape index (κ3) is 3.39. The highest BCUT2D eigenvalue weighted by molar-refractivity contribution is 7.94. The van der Waals surface area contributed by atoms with Crippen molar-refractivity contribution in [2.24, 2.45) is 23.0 Å². The van der Waals surface area contributed by atoms with Crippen molar-refractivity contribution in [1.82, 2.24) is 4.98 Å². The number of rotatable bonds is 5. The zero-order chi connectivity index (χ0) is 18.5. The van der Waals surface area contributed by atoms with E-state index in [0.717, 1.165) is 48.1 Å². The zero-order valence-electron chi connectivity index (χ0n) is 16.1. The number of nitrogens with zero attached hydrogens (tertiary/aromatic N) is 1. The number of nitrogens with two attached hydrogens (primary N) is 1. The molecule has 3 nitrogen and oxygen atoms in total. The van der Waals surface area contributed by atoms with E-state index in [4.69, 9.17) is 10.7 Å². The summed E-state index contributed by atoms with van der Waals surface area (Å²) < 4.78 is 10.0. The summed E-state index contributed by atoms with van der Waals surface area (Å²) >= 11 is 0.926. The Morgan fingerprint density at radius 1 is 1.35 bits per heavy atom. The molecule has 0 aliphatic heterocycles. The quantitative estimate of drug-likeness (QED) is 0.692. The Kier molecular flexibility index (Phi) is 4.79. The molecular weight excluding hydrogens is 340 g/mol. The third-order valence-corrected chi connectivity index (χ3v) is 7.06. The third-order valence-electron chi connectivity index (χ3n) is 6.41. The van der Waals surface area contributed by atoms with Gasteiger partial charge in [0.1, 0.15) is 0 Å². The van der Waals surface area contributed by atoms with Gasteiger partial charge in [0, 0.05) is 45.5 Å². The van der Waals surface area contributed by atoms with E-state index in [0.29, 0.717) is 17.8 Å². The Morgan fingerprint density at radius 3 is 2.88 bits per heavy atom. The SMILES string of the molecule is CC1CCc2cc3cnc(C4CC4CC(C)(C)CN)cc3c(SO)c2C1. The molecule has 1 heterocycles. The van der Waals surface area contributed by atoms with Gasteiger partial charge in [-0.15, -0.1) is 0 Å². The smallest absolute Gasteiger partial charge is 0.0465 e. The summed E-state index contributed by atoms with van der Waals surface area (Å²) in [6.45, 7) is 7.55. The highest BCUT2D eigenvalue weighted by Gasteiger charge is 2.42. The first-order valence-electron chi connectivity index (χ1n) is 9.87. The summed E-state index contributed by atoms with van der Waals surface area (Å²) in [4.78, 5) is 5.85. The molecule has 4 rings (SSSR count). The van der Waals surface area contributed by atoms with Gasteiger partial charge in [-0.1, -0.05) is 20.8 Å². The number of pyridine rings is 1. The van der Waals surface area contributed by atoms with Crippen LogP contribution in [0.25, 0.3) is 10.8 Å².